The quantitative estimate of drug-likeness (QED) is 0.370. The van der Waals surface area contributed by atoms with E-state index < -0.39 is 25.2 Å². The van der Waals surface area contributed by atoms with Crippen molar-refractivity contribution >= 4 is 0 Å². The van der Waals surface area contributed by atoms with Crippen molar-refractivity contribution in [2.75, 3.05) is 13.3 Å². The third-order valence-corrected chi connectivity index (χ3v) is 4.11. The number of benzene rings is 2. The fourth-order valence-corrected chi connectivity index (χ4v) is 2.60. The molecule has 2 aromatic rings. The molecule has 0 bridgehead atoms. The van der Waals surface area contributed by atoms with Gasteiger partial charge in [0.2, 0.25) is 0 Å². The van der Waals surface area contributed by atoms with Crippen molar-refractivity contribution in [2.24, 2.45) is 5.73 Å². The highest BCUT2D eigenvalue weighted by atomic mass is 19.1. The lowest BCUT2D eigenvalue weighted by atomic mass is 10.0. The van der Waals surface area contributed by atoms with Gasteiger partial charge in [0.15, 0.2) is 0 Å². The van der Waals surface area contributed by atoms with Crippen molar-refractivity contribution in [2.45, 2.75) is 100 Å². The van der Waals surface area contributed by atoms with Crippen LogP contribution in [0.5, 0.6) is 0 Å². The first-order valence-electron chi connectivity index (χ1n) is 12.6. The summed E-state index contributed by atoms with van der Waals surface area (Å²) in [6.07, 6.45) is -0.409. The SMILES string of the molecule is CC.CC.CC.Cc1ccc(C(CCF)OC(C)(C)N)cc1.Cc1ccc(C(O)CCF)cc1. The monoisotopic (exact) mass is 483 g/mol. The molecule has 0 spiro atoms. The molecule has 3 N–H and O–H groups in total. The molecular weight excluding hydrogens is 432 g/mol. The topological polar surface area (TPSA) is 55.5 Å². The molecule has 0 heterocycles. The van der Waals surface area contributed by atoms with Crippen molar-refractivity contribution in [3.63, 3.8) is 0 Å². The normalized spacial score (nSPS) is 11.6. The Morgan fingerprint density at radius 2 is 1.09 bits per heavy atom. The Labute approximate surface area is 208 Å². The van der Waals surface area contributed by atoms with Gasteiger partial charge < -0.3 is 15.6 Å². The van der Waals surface area contributed by atoms with Crippen LogP contribution >= 0.6 is 0 Å². The lowest BCUT2D eigenvalue weighted by Gasteiger charge is -2.27. The van der Waals surface area contributed by atoms with Crippen LogP contribution in [-0.2, 0) is 4.74 Å². The lowest BCUT2D eigenvalue weighted by Crippen LogP contribution is -2.37. The van der Waals surface area contributed by atoms with E-state index in [0.717, 1.165) is 16.7 Å². The van der Waals surface area contributed by atoms with Crippen LogP contribution in [0.4, 0.5) is 8.78 Å². The summed E-state index contributed by atoms with van der Waals surface area (Å²) in [6, 6.07) is 15.4. The van der Waals surface area contributed by atoms with Crippen LogP contribution in [-0.4, -0.2) is 24.2 Å². The number of aliphatic hydroxyl groups is 1. The summed E-state index contributed by atoms with van der Waals surface area (Å²) in [5.41, 5.74) is 9.13. The predicted molar refractivity (Wildman–Crippen MR) is 145 cm³/mol. The Morgan fingerprint density at radius 1 is 0.735 bits per heavy atom. The number of alkyl halides is 2. The minimum Gasteiger partial charge on any atom is -0.388 e. The van der Waals surface area contributed by atoms with Gasteiger partial charge in [-0.1, -0.05) is 101 Å². The summed E-state index contributed by atoms with van der Waals surface area (Å²) in [7, 11) is 0. The van der Waals surface area contributed by atoms with E-state index in [-0.39, 0.29) is 12.5 Å². The molecule has 0 saturated carbocycles. The molecule has 2 rings (SSSR count). The molecule has 0 radical (unpaired) electrons. The molecular formula is C29H51F2NO2. The number of halogens is 2. The summed E-state index contributed by atoms with van der Waals surface area (Å²) in [4.78, 5) is 0. The molecule has 0 aliphatic rings. The fourth-order valence-electron chi connectivity index (χ4n) is 2.60. The third kappa shape index (κ3) is 18.6. The Bertz CT molecular complexity index is 668. The van der Waals surface area contributed by atoms with Gasteiger partial charge in [0.25, 0.3) is 0 Å². The molecule has 5 heteroatoms. The van der Waals surface area contributed by atoms with E-state index in [0.29, 0.717) is 6.42 Å². The van der Waals surface area contributed by atoms with E-state index in [4.69, 9.17) is 10.5 Å². The van der Waals surface area contributed by atoms with Gasteiger partial charge in [0, 0.05) is 12.8 Å². The molecule has 0 amide bonds. The number of rotatable bonds is 8. The number of ether oxygens (including phenoxy) is 1. The summed E-state index contributed by atoms with van der Waals surface area (Å²) in [5.74, 6) is 0. The van der Waals surface area contributed by atoms with Crippen LogP contribution in [0.15, 0.2) is 48.5 Å². The largest absolute Gasteiger partial charge is 0.388 e. The molecule has 198 valence electrons. The maximum absolute atomic E-state index is 12.5. The van der Waals surface area contributed by atoms with Gasteiger partial charge in [-0.3, -0.25) is 8.78 Å². The van der Waals surface area contributed by atoms with Gasteiger partial charge >= 0.3 is 0 Å². The number of hydrogen-bond acceptors (Lipinski definition) is 3. The Kier molecular flexibility index (Phi) is 24.8. The lowest BCUT2D eigenvalue weighted by molar-refractivity contribution is -0.0746. The summed E-state index contributed by atoms with van der Waals surface area (Å²) < 4.78 is 30.0. The Balaban J connectivity index is -0.000000474. The van der Waals surface area contributed by atoms with Crippen molar-refractivity contribution in [1.82, 2.24) is 0 Å². The number of aliphatic hydroxyl groups excluding tert-OH is 1. The maximum atomic E-state index is 12.5. The zero-order valence-electron chi connectivity index (χ0n) is 23.3. The first kappa shape index (κ1) is 36.7. The van der Waals surface area contributed by atoms with Gasteiger partial charge in [-0.15, -0.1) is 0 Å². The highest BCUT2D eigenvalue weighted by molar-refractivity contribution is 5.24. The van der Waals surface area contributed by atoms with Crippen molar-refractivity contribution in [3.8, 4) is 0 Å². The highest BCUT2D eigenvalue weighted by Gasteiger charge is 2.20. The maximum Gasteiger partial charge on any atom is 0.111 e. The van der Waals surface area contributed by atoms with Crippen LogP contribution < -0.4 is 5.73 Å². The molecule has 2 atom stereocenters. The second-order valence-corrected chi connectivity index (χ2v) is 7.50. The molecule has 3 nitrogen and oxygen atoms in total. The van der Waals surface area contributed by atoms with Gasteiger partial charge in [-0.25, -0.2) is 0 Å². The first-order valence-corrected chi connectivity index (χ1v) is 12.6. The molecule has 2 unspecified atom stereocenters. The van der Waals surface area contributed by atoms with E-state index in [9.17, 15) is 13.9 Å². The minimum absolute atomic E-state index is 0.184. The highest BCUT2D eigenvalue weighted by Crippen LogP contribution is 2.25. The number of hydrogen-bond donors (Lipinski definition) is 2. The molecule has 0 aliphatic heterocycles. The summed E-state index contributed by atoms with van der Waals surface area (Å²) >= 11 is 0. The summed E-state index contributed by atoms with van der Waals surface area (Å²) in [5, 5.41) is 9.37. The van der Waals surface area contributed by atoms with E-state index in [1.165, 1.54) is 5.56 Å². The van der Waals surface area contributed by atoms with E-state index >= 15 is 0 Å². The molecule has 34 heavy (non-hydrogen) atoms. The molecule has 0 aromatic heterocycles. The van der Waals surface area contributed by atoms with E-state index in [1.54, 1.807) is 13.8 Å². The first-order chi connectivity index (χ1) is 16.2. The van der Waals surface area contributed by atoms with Crippen molar-refractivity contribution < 1.29 is 18.6 Å². The van der Waals surface area contributed by atoms with Gasteiger partial charge in [0.1, 0.15) is 5.72 Å². The molecule has 0 aliphatic carbocycles. The van der Waals surface area contributed by atoms with Crippen LogP contribution in [0.3, 0.4) is 0 Å². The van der Waals surface area contributed by atoms with Crippen LogP contribution in [0, 0.1) is 13.8 Å². The van der Waals surface area contributed by atoms with Crippen LogP contribution in [0.2, 0.25) is 0 Å². The summed E-state index contributed by atoms with van der Waals surface area (Å²) in [6.45, 7) is 18.6. The van der Waals surface area contributed by atoms with E-state index in [2.05, 4.69) is 0 Å². The standard InChI is InChI=1S/C13H20FNO.C10H13FO.3C2H6/c1-10-4-6-11(7-5-10)12(8-9-14)16-13(2,3)15;1-8-2-4-9(5-3-8)10(12)6-7-11;3*1-2/h4-7,12H,8-9,15H2,1-3H3;2-5,10,12H,6-7H2,1H3;3*1-2H3. The predicted octanol–water partition coefficient (Wildman–Crippen LogP) is 8.57. The van der Waals surface area contributed by atoms with Gasteiger partial charge in [0.05, 0.1) is 25.6 Å². The average molecular weight is 484 g/mol. The van der Waals surface area contributed by atoms with Crippen LogP contribution in [0.1, 0.15) is 103 Å². The smallest absolute Gasteiger partial charge is 0.111 e. The van der Waals surface area contributed by atoms with Gasteiger partial charge in [-0.05, 0) is 38.8 Å². The van der Waals surface area contributed by atoms with Crippen molar-refractivity contribution in [3.05, 3.63) is 70.8 Å². The third-order valence-electron chi connectivity index (χ3n) is 4.11. The minimum atomic E-state index is -0.745. The molecule has 2 aromatic carbocycles. The zero-order valence-corrected chi connectivity index (χ0v) is 23.3. The average Bonchev–Trinajstić information content (AvgIpc) is 2.83. The Hall–Kier alpha value is -1.82. The second-order valence-electron chi connectivity index (χ2n) is 7.50. The molecule has 0 saturated heterocycles. The molecule has 0 fully saturated rings. The van der Waals surface area contributed by atoms with Crippen molar-refractivity contribution in [1.29, 1.82) is 0 Å². The van der Waals surface area contributed by atoms with Gasteiger partial charge in [-0.2, -0.15) is 0 Å². The zero-order chi connectivity index (χ0) is 27.2. The van der Waals surface area contributed by atoms with E-state index in [1.807, 2.05) is 104 Å². The Morgan fingerprint density at radius 3 is 1.41 bits per heavy atom. The fraction of sp³-hybridized carbons (Fsp3) is 0.586. The number of aryl methyl sites for hydroxylation is 2. The van der Waals surface area contributed by atoms with Crippen LogP contribution in [0.25, 0.3) is 0 Å². The number of nitrogens with two attached hydrogens (primary N) is 1. The second kappa shape index (κ2) is 22.9.